The third-order valence-corrected chi connectivity index (χ3v) is 1.55. The average molecular weight is 169 g/mol. The Kier molecular flexibility index (Phi) is 1.99. The van der Waals surface area contributed by atoms with Gasteiger partial charge < -0.3 is 10.8 Å². The van der Waals surface area contributed by atoms with E-state index in [2.05, 4.69) is 0 Å². The summed E-state index contributed by atoms with van der Waals surface area (Å²) in [5.74, 6) is -1.82. The number of aromatic hydroxyl groups is 1. The molecule has 0 unspecified atom stereocenters. The molecular formula is C8H8FNO2. The molecule has 0 heterocycles. The molecule has 1 aromatic rings. The molecule has 4 heteroatoms. The molecule has 0 aromatic heterocycles. The topological polar surface area (TPSA) is 63.3 Å². The van der Waals surface area contributed by atoms with Crippen molar-refractivity contribution in [3.05, 3.63) is 29.1 Å². The van der Waals surface area contributed by atoms with E-state index in [0.717, 1.165) is 6.07 Å². The minimum atomic E-state index is -0.837. The summed E-state index contributed by atoms with van der Waals surface area (Å²) < 4.78 is 12.8. The Balaban J connectivity index is 3.33. The van der Waals surface area contributed by atoms with Gasteiger partial charge in [-0.25, -0.2) is 4.39 Å². The Morgan fingerprint density at radius 2 is 2.17 bits per heavy atom. The summed E-state index contributed by atoms with van der Waals surface area (Å²) in [6.45, 7) is 1.56. The second-order valence-electron chi connectivity index (χ2n) is 2.48. The largest absolute Gasteiger partial charge is 0.508 e. The fourth-order valence-corrected chi connectivity index (χ4v) is 0.860. The van der Waals surface area contributed by atoms with Crippen molar-refractivity contribution < 1.29 is 14.3 Å². The molecule has 0 radical (unpaired) electrons. The third kappa shape index (κ3) is 1.37. The summed E-state index contributed by atoms with van der Waals surface area (Å²) in [5.41, 5.74) is 5.09. The van der Waals surface area contributed by atoms with E-state index in [4.69, 9.17) is 10.8 Å². The molecule has 0 saturated carbocycles. The van der Waals surface area contributed by atoms with E-state index < -0.39 is 11.7 Å². The van der Waals surface area contributed by atoms with E-state index in [-0.39, 0.29) is 11.3 Å². The minimum Gasteiger partial charge on any atom is -0.508 e. The lowest BCUT2D eigenvalue weighted by Gasteiger charge is -2.01. The van der Waals surface area contributed by atoms with Crippen molar-refractivity contribution in [3.8, 4) is 5.75 Å². The average Bonchev–Trinajstić information content (AvgIpc) is 1.96. The maximum absolute atomic E-state index is 12.8. The lowest BCUT2D eigenvalue weighted by Crippen LogP contribution is -2.13. The Morgan fingerprint density at radius 1 is 1.58 bits per heavy atom. The second kappa shape index (κ2) is 2.81. The van der Waals surface area contributed by atoms with Crippen molar-refractivity contribution in [3.63, 3.8) is 0 Å². The quantitative estimate of drug-likeness (QED) is 0.657. The minimum absolute atomic E-state index is 0.183. The molecule has 0 spiro atoms. The molecule has 0 bridgehead atoms. The molecule has 0 atom stereocenters. The van der Waals surface area contributed by atoms with Crippen LogP contribution >= 0.6 is 0 Å². The fourth-order valence-electron chi connectivity index (χ4n) is 0.860. The van der Waals surface area contributed by atoms with Gasteiger partial charge in [-0.05, 0) is 18.6 Å². The SMILES string of the molecule is Cc1cc(C(N)=O)c(F)cc1O. The van der Waals surface area contributed by atoms with Crippen LogP contribution in [0.1, 0.15) is 15.9 Å². The number of amides is 1. The Morgan fingerprint density at radius 3 is 2.67 bits per heavy atom. The first-order valence-electron chi connectivity index (χ1n) is 3.31. The van der Waals surface area contributed by atoms with Gasteiger partial charge in [0.15, 0.2) is 0 Å². The number of rotatable bonds is 1. The highest BCUT2D eigenvalue weighted by atomic mass is 19.1. The molecule has 3 nitrogen and oxygen atoms in total. The number of benzene rings is 1. The zero-order valence-corrected chi connectivity index (χ0v) is 6.47. The van der Waals surface area contributed by atoms with E-state index in [1.807, 2.05) is 0 Å². The van der Waals surface area contributed by atoms with Gasteiger partial charge in [-0.2, -0.15) is 0 Å². The second-order valence-corrected chi connectivity index (χ2v) is 2.48. The van der Waals surface area contributed by atoms with Gasteiger partial charge in [0.2, 0.25) is 0 Å². The van der Waals surface area contributed by atoms with E-state index in [1.54, 1.807) is 6.92 Å². The lowest BCUT2D eigenvalue weighted by molar-refractivity contribution is 0.0996. The van der Waals surface area contributed by atoms with Gasteiger partial charge >= 0.3 is 0 Å². The van der Waals surface area contributed by atoms with Crippen LogP contribution < -0.4 is 5.73 Å². The van der Waals surface area contributed by atoms with Crippen molar-refractivity contribution in [2.24, 2.45) is 5.73 Å². The van der Waals surface area contributed by atoms with Gasteiger partial charge in [-0.15, -0.1) is 0 Å². The van der Waals surface area contributed by atoms with Crippen LogP contribution in [0.5, 0.6) is 5.75 Å². The molecule has 1 rings (SSSR count). The Labute approximate surface area is 68.6 Å². The van der Waals surface area contributed by atoms with Crippen LogP contribution in [0.15, 0.2) is 12.1 Å². The van der Waals surface area contributed by atoms with Gasteiger partial charge in [0.1, 0.15) is 11.6 Å². The summed E-state index contributed by atoms with van der Waals surface area (Å²) in [6.07, 6.45) is 0. The van der Waals surface area contributed by atoms with Gasteiger partial charge in [0.05, 0.1) is 5.56 Å². The van der Waals surface area contributed by atoms with Crippen molar-refractivity contribution in [1.29, 1.82) is 0 Å². The van der Waals surface area contributed by atoms with Gasteiger partial charge in [-0.1, -0.05) is 0 Å². The number of halogens is 1. The molecule has 0 saturated heterocycles. The number of aryl methyl sites for hydroxylation is 1. The maximum Gasteiger partial charge on any atom is 0.251 e. The van der Waals surface area contributed by atoms with Crippen molar-refractivity contribution >= 4 is 5.91 Å². The zero-order chi connectivity index (χ0) is 9.30. The van der Waals surface area contributed by atoms with Gasteiger partial charge in [0, 0.05) is 6.07 Å². The lowest BCUT2D eigenvalue weighted by atomic mass is 10.1. The van der Waals surface area contributed by atoms with Gasteiger partial charge in [-0.3, -0.25) is 4.79 Å². The summed E-state index contributed by atoms with van der Waals surface area (Å²) >= 11 is 0. The molecule has 64 valence electrons. The zero-order valence-electron chi connectivity index (χ0n) is 6.47. The van der Waals surface area contributed by atoms with Crippen LogP contribution in [0.4, 0.5) is 4.39 Å². The van der Waals surface area contributed by atoms with Crippen LogP contribution in [0, 0.1) is 12.7 Å². The van der Waals surface area contributed by atoms with Crippen molar-refractivity contribution in [1.82, 2.24) is 0 Å². The van der Waals surface area contributed by atoms with E-state index in [9.17, 15) is 9.18 Å². The number of phenols is 1. The predicted molar refractivity (Wildman–Crippen MR) is 41.3 cm³/mol. The molecule has 1 amide bonds. The highest BCUT2D eigenvalue weighted by Crippen LogP contribution is 2.19. The number of hydrogen-bond donors (Lipinski definition) is 2. The number of phenolic OH excluding ortho intramolecular Hbond substituents is 1. The first kappa shape index (κ1) is 8.52. The molecule has 1 aromatic carbocycles. The van der Waals surface area contributed by atoms with Crippen LogP contribution in [0.2, 0.25) is 0 Å². The van der Waals surface area contributed by atoms with E-state index >= 15 is 0 Å². The smallest absolute Gasteiger partial charge is 0.251 e. The standard InChI is InChI=1S/C8H8FNO2/c1-4-2-5(8(10)12)6(9)3-7(4)11/h2-3,11H,1H3,(H2,10,12). The molecule has 0 fully saturated rings. The number of primary amides is 1. The van der Waals surface area contributed by atoms with E-state index in [1.165, 1.54) is 6.07 Å². The molecule has 0 aliphatic heterocycles. The summed E-state index contributed by atoms with van der Waals surface area (Å²) in [7, 11) is 0. The third-order valence-electron chi connectivity index (χ3n) is 1.55. The van der Waals surface area contributed by atoms with Crippen LogP contribution in [-0.2, 0) is 0 Å². The van der Waals surface area contributed by atoms with Crippen molar-refractivity contribution in [2.75, 3.05) is 0 Å². The molecule has 0 aliphatic carbocycles. The monoisotopic (exact) mass is 169 g/mol. The van der Waals surface area contributed by atoms with Crippen LogP contribution in [0.25, 0.3) is 0 Å². The van der Waals surface area contributed by atoms with Gasteiger partial charge in [0.25, 0.3) is 5.91 Å². The Bertz CT molecular complexity index is 336. The van der Waals surface area contributed by atoms with E-state index in [0.29, 0.717) is 5.56 Å². The summed E-state index contributed by atoms with van der Waals surface area (Å²) in [5, 5.41) is 9.01. The number of carbonyl (C=O) groups is 1. The molecule has 3 N–H and O–H groups in total. The first-order chi connectivity index (χ1) is 5.52. The maximum atomic E-state index is 12.8. The van der Waals surface area contributed by atoms with Crippen molar-refractivity contribution in [2.45, 2.75) is 6.92 Å². The number of carbonyl (C=O) groups excluding carboxylic acids is 1. The summed E-state index contributed by atoms with van der Waals surface area (Å²) in [4.78, 5) is 10.6. The van der Waals surface area contributed by atoms with Crippen LogP contribution in [0.3, 0.4) is 0 Å². The highest BCUT2D eigenvalue weighted by Gasteiger charge is 2.10. The number of nitrogens with two attached hydrogens (primary N) is 1. The fraction of sp³-hybridized carbons (Fsp3) is 0.125. The molecule has 0 aliphatic rings. The molecule has 12 heavy (non-hydrogen) atoms. The normalized spacial score (nSPS) is 9.83. The molecular weight excluding hydrogens is 161 g/mol. The number of hydrogen-bond acceptors (Lipinski definition) is 2. The predicted octanol–water partition coefficient (Wildman–Crippen LogP) is 0.939. The highest BCUT2D eigenvalue weighted by molar-refractivity contribution is 5.93. The summed E-state index contributed by atoms with van der Waals surface area (Å²) in [6, 6.07) is 2.09. The Hall–Kier alpha value is -1.58. The first-order valence-corrected chi connectivity index (χ1v) is 3.31. The van der Waals surface area contributed by atoms with Crippen LogP contribution in [-0.4, -0.2) is 11.0 Å².